The van der Waals surface area contributed by atoms with Crippen LogP contribution in [0.3, 0.4) is 0 Å². The van der Waals surface area contributed by atoms with Crippen molar-refractivity contribution in [2.45, 2.75) is 9.79 Å². The van der Waals surface area contributed by atoms with Gasteiger partial charge >= 0.3 is 103 Å². The average molecular weight is 668 g/mol. The van der Waals surface area contributed by atoms with Gasteiger partial charge in [0, 0.05) is 7.14 Å². The van der Waals surface area contributed by atoms with E-state index in [0.29, 0.717) is 7.14 Å². The van der Waals surface area contributed by atoms with Crippen LogP contribution in [0, 0.1) is 7.14 Å². The fraction of sp³-hybridized carbons (Fsp3) is 0. The first-order chi connectivity index (χ1) is 11.0. The molecule has 2 aromatic carbocycles. The smallest absolute Gasteiger partial charge is 0.744 e. The molecular weight excluding hydrogens is 660 g/mol. The van der Waals surface area contributed by atoms with E-state index in [1.807, 2.05) is 45.2 Å². The van der Waals surface area contributed by atoms with Crippen LogP contribution in [0.1, 0.15) is 11.1 Å². The maximum absolute atomic E-state index is 11.3. The molecule has 0 aliphatic rings. The van der Waals surface area contributed by atoms with E-state index < -0.39 is 30.0 Å². The first-order valence-electron chi connectivity index (χ1n) is 6.17. The number of hydrogen-bond acceptors (Lipinski definition) is 6. The van der Waals surface area contributed by atoms with Crippen molar-refractivity contribution < 1.29 is 129 Å². The molecule has 0 aliphatic carbocycles. The molecule has 2 rings (SSSR count). The normalized spacial score (nSPS) is 11.7. The maximum Gasteiger partial charge on any atom is 1.00 e. The summed E-state index contributed by atoms with van der Waals surface area (Å²) in [6.45, 7) is 0. The third-order valence-corrected chi connectivity index (χ3v) is 6.06. The number of benzene rings is 2. The predicted octanol–water partition coefficient (Wildman–Crippen LogP) is -3.12. The Balaban J connectivity index is 0.00000312. The van der Waals surface area contributed by atoms with Gasteiger partial charge in [0.15, 0.2) is 0 Å². The molecule has 12 heteroatoms. The Morgan fingerprint density at radius 2 is 1.00 bits per heavy atom. The summed E-state index contributed by atoms with van der Waals surface area (Å²) in [5, 5.41) is 0. The van der Waals surface area contributed by atoms with Crippen molar-refractivity contribution in [2.75, 3.05) is 0 Å². The summed E-state index contributed by atoms with van der Waals surface area (Å²) in [7, 11) is -9.39. The molecular formula is C14H8I2K2O6S2. The first-order valence-corrected chi connectivity index (χ1v) is 11.1. The Labute approximate surface area is 264 Å². The second-order valence-electron chi connectivity index (χ2n) is 4.61. The summed E-state index contributed by atoms with van der Waals surface area (Å²) in [6, 6.07) is 8.52. The molecule has 0 aliphatic heterocycles. The SMILES string of the molecule is O=S(=O)([O-])c1cc(I)ccc1/C=C/c1ccc(I)cc1S(=O)(=O)[O-].[K+].[K+]. The van der Waals surface area contributed by atoms with Gasteiger partial charge in [-0.2, -0.15) is 0 Å². The molecule has 0 spiro atoms. The second kappa shape index (κ2) is 11.9. The largest absolute Gasteiger partial charge is 1.00 e. The van der Waals surface area contributed by atoms with E-state index in [9.17, 15) is 25.9 Å². The van der Waals surface area contributed by atoms with Gasteiger partial charge < -0.3 is 9.11 Å². The van der Waals surface area contributed by atoms with E-state index >= 15 is 0 Å². The van der Waals surface area contributed by atoms with Gasteiger partial charge in [0.2, 0.25) is 0 Å². The minimum atomic E-state index is -4.69. The van der Waals surface area contributed by atoms with Crippen molar-refractivity contribution in [1.82, 2.24) is 0 Å². The van der Waals surface area contributed by atoms with E-state index in [1.54, 1.807) is 12.1 Å². The van der Waals surface area contributed by atoms with Crippen LogP contribution in [-0.2, 0) is 20.2 Å². The molecule has 2 aromatic rings. The van der Waals surface area contributed by atoms with Crippen LogP contribution in [0.2, 0.25) is 0 Å². The van der Waals surface area contributed by atoms with Gasteiger partial charge in [0.1, 0.15) is 20.2 Å². The molecule has 6 nitrogen and oxygen atoms in total. The zero-order valence-corrected chi connectivity index (χ0v) is 25.8. The molecule has 0 aromatic heterocycles. The van der Waals surface area contributed by atoms with Crippen LogP contribution in [0.15, 0.2) is 46.2 Å². The van der Waals surface area contributed by atoms with E-state index in [2.05, 4.69) is 0 Å². The van der Waals surface area contributed by atoms with Crippen LogP contribution >= 0.6 is 45.2 Å². The van der Waals surface area contributed by atoms with E-state index in [1.165, 1.54) is 36.4 Å². The van der Waals surface area contributed by atoms with Crippen LogP contribution in [-0.4, -0.2) is 25.9 Å². The van der Waals surface area contributed by atoms with Gasteiger partial charge in [0.05, 0.1) is 9.79 Å². The van der Waals surface area contributed by atoms with Crippen LogP contribution in [0.25, 0.3) is 12.2 Å². The molecule has 0 unspecified atom stereocenters. The zero-order chi connectivity index (χ0) is 18.1. The standard InChI is InChI=1S/C14H10I2O6S2.2K/c15-11-5-3-9(13(7-11)23(17,18)19)1-2-10-4-6-12(16)8-14(10)24(20,21)22;;/h1-8H,(H,17,18,19)(H,20,21,22);;/q;2*+1/p-2/b2-1+;;. The zero-order valence-electron chi connectivity index (χ0n) is 13.6. The average Bonchev–Trinajstić information content (AvgIpc) is 2.45. The van der Waals surface area contributed by atoms with Crippen molar-refractivity contribution in [2.24, 2.45) is 0 Å². The van der Waals surface area contributed by atoms with Gasteiger partial charge in [-0.3, -0.25) is 0 Å². The van der Waals surface area contributed by atoms with E-state index in [4.69, 9.17) is 0 Å². The minimum Gasteiger partial charge on any atom is -0.744 e. The van der Waals surface area contributed by atoms with Crippen molar-refractivity contribution in [3.8, 4) is 0 Å². The van der Waals surface area contributed by atoms with Crippen LogP contribution < -0.4 is 103 Å². The number of halogens is 2. The fourth-order valence-corrected chi connectivity index (χ4v) is 4.70. The topological polar surface area (TPSA) is 114 Å². The number of rotatable bonds is 4. The molecule has 0 atom stereocenters. The molecule has 26 heavy (non-hydrogen) atoms. The molecule has 0 saturated carbocycles. The molecule has 0 N–H and O–H groups in total. The van der Waals surface area contributed by atoms with Crippen molar-refractivity contribution in [1.29, 1.82) is 0 Å². The van der Waals surface area contributed by atoms with Gasteiger partial charge in [-0.05, 0) is 80.6 Å². The minimum absolute atomic E-state index is 0. The van der Waals surface area contributed by atoms with Gasteiger partial charge in [0.25, 0.3) is 0 Å². The molecule has 0 bridgehead atoms. The Hall–Kier alpha value is 2.73. The summed E-state index contributed by atoms with van der Waals surface area (Å²) in [5.41, 5.74) is 0.219. The molecule has 0 saturated heterocycles. The molecule has 0 fully saturated rings. The Morgan fingerprint density at radius 3 is 1.27 bits per heavy atom. The Morgan fingerprint density at radius 1 is 0.692 bits per heavy atom. The van der Waals surface area contributed by atoms with Gasteiger partial charge in [-0.25, -0.2) is 16.8 Å². The van der Waals surface area contributed by atoms with Gasteiger partial charge in [-0.1, -0.05) is 24.3 Å². The molecule has 0 amide bonds. The molecule has 0 radical (unpaired) electrons. The molecule has 128 valence electrons. The monoisotopic (exact) mass is 668 g/mol. The third kappa shape index (κ3) is 8.46. The van der Waals surface area contributed by atoms with Crippen molar-refractivity contribution in [3.05, 3.63) is 54.7 Å². The van der Waals surface area contributed by atoms with Gasteiger partial charge in [-0.15, -0.1) is 0 Å². The van der Waals surface area contributed by atoms with Crippen LogP contribution in [0.4, 0.5) is 0 Å². The summed E-state index contributed by atoms with van der Waals surface area (Å²) < 4.78 is 69.2. The summed E-state index contributed by atoms with van der Waals surface area (Å²) in [5.74, 6) is 0. The number of hydrogen-bond donors (Lipinski definition) is 0. The summed E-state index contributed by atoms with van der Waals surface area (Å²) in [4.78, 5) is -0.828. The summed E-state index contributed by atoms with van der Waals surface area (Å²) >= 11 is 3.75. The van der Waals surface area contributed by atoms with Crippen LogP contribution in [0.5, 0.6) is 0 Å². The fourth-order valence-electron chi connectivity index (χ4n) is 1.90. The maximum atomic E-state index is 11.3. The Kier molecular flexibility index (Phi) is 13.2. The second-order valence-corrected chi connectivity index (χ2v) is 9.79. The predicted molar refractivity (Wildman–Crippen MR) is 103 cm³/mol. The molecule has 0 heterocycles. The first kappa shape index (κ1) is 28.7. The summed E-state index contributed by atoms with van der Waals surface area (Å²) in [6.07, 6.45) is 2.58. The van der Waals surface area contributed by atoms with Crippen molar-refractivity contribution in [3.63, 3.8) is 0 Å². The third-order valence-electron chi connectivity index (χ3n) is 2.93. The van der Waals surface area contributed by atoms with E-state index in [-0.39, 0.29) is 114 Å². The Bertz CT molecular complexity index is 954. The van der Waals surface area contributed by atoms with E-state index in [0.717, 1.165) is 0 Å². The quantitative estimate of drug-likeness (QED) is 0.148. The van der Waals surface area contributed by atoms with Crippen molar-refractivity contribution >= 4 is 77.6 Å².